The fourth-order valence-corrected chi connectivity index (χ4v) is 1.93. The Balaban J connectivity index is 0.000000921. The highest BCUT2D eigenvalue weighted by Crippen LogP contribution is 2.32. The first-order chi connectivity index (χ1) is 7.05. The minimum Gasteiger partial charge on any atom is -0.466 e. The van der Waals surface area contributed by atoms with E-state index in [9.17, 15) is 9.90 Å². The Morgan fingerprint density at radius 2 is 2.13 bits per heavy atom. The van der Waals surface area contributed by atoms with Crippen LogP contribution in [0.1, 0.15) is 53.4 Å². The van der Waals surface area contributed by atoms with Crippen LogP contribution in [0, 0.1) is 5.92 Å². The number of hydrogen-bond acceptors (Lipinski definition) is 3. The molecule has 1 rings (SSSR count). The molecule has 2 atom stereocenters. The number of ether oxygens (including phenoxy) is 1. The monoisotopic (exact) mass is 216 g/mol. The molecule has 0 bridgehead atoms. The van der Waals surface area contributed by atoms with Gasteiger partial charge >= 0.3 is 5.97 Å². The fourth-order valence-electron chi connectivity index (χ4n) is 1.93. The van der Waals surface area contributed by atoms with Crippen LogP contribution >= 0.6 is 0 Å². The van der Waals surface area contributed by atoms with E-state index < -0.39 is 5.60 Å². The molecule has 0 aromatic rings. The average molecular weight is 216 g/mol. The molecular formula is C12H24O3. The van der Waals surface area contributed by atoms with Crippen molar-refractivity contribution >= 4 is 5.97 Å². The van der Waals surface area contributed by atoms with Crippen molar-refractivity contribution in [2.24, 2.45) is 5.92 Å². The second-order valence-corrected chi connectivity index (χ2v) is 4.04. The Bertz CT molecular complexity index is 187. The quantitative estimate of drug-likeness (QED) is 0.721. The van der Waals surface area contributed by atoms with E-state index in [0.29, 0.717) is 13.0 Å². The summed E-state index contributed by atoms with van der Waals surface area (Å²) >= 11 is 0. The minimum atomic E-state index is -0.671. The molecule has 1 fully saturated rings. The van der Waals surface area contributed by atoms with E-state index in [4.69, 9.17) is 4.74 Å². The van der Waals surface area contributed by atoms with Crippen molar-refractivity contribution in [1.29, 1.82) is 0 Å². The molecule has 1 aliphatic carbocycles. The van der Waals surface area contributed by atoms with Crippen LogP contribution in [0.2, 0.25) is 0 Å². The van der Waals surface area contributed by atoms with Crippen molar-refractivity contribution < 1.29 is 14.6 Å². The predicted octanol–water partition coefficient (Wildman–Crippen LogP) is 2.52. The molecular weight excluding hydrogens is 192 g/mol. The van der Waals surface area contributed by atoms with E-state index in [1.54, 1.807) is 13.8 Å². The molecule has 3 nitrogen and oxygen atoms in total. The summed E-state index contributed by atoms with van der Waals surface area (Å²) in [5.74, 6) is -0.244. The van der Waals surface area contributed by atoms with Crippen molar-refractivity contribution in [3.8, 4) is 0 Å². The maximum absolute atomic E-state index is 11.4. The normalized spacial score (nSPS) is 30.1. The Morgan fingerprint density at radius 3 is 2.60 bits per heavy atom. The van der Waals surface area contributed by atoms with Gasteiger partial charge < -0.3 is 9.84 Å². The summed E-state index contributed by atoms with van der Waals surface area (Å²) in [5.41, 5.74) is -0.671. The van der Waals surface area contributed by atoms with E-state index in [2.05, 4.69) is 0 Å². The molecule has 1 aliphatic rings. The number of aliphatic hydroxyl groups is 1. The van der Waals surface area contributed by atoms with Gasteiger partial charge in [0.25, 0.3) is 0 Å². The van der Waals surface area contributed by atoms with Crippen molar-refractivity contribution in [2.45, 2.75) is 59.0 Å². The maximum Gasteiger partial charge on any atom is 0.309 e. The Morgan fingerprint density at radius 1 is 1.53 bits per heavy atom. The molecule has 0 amide bonds. The van der Waals surface area contributed by atoms with Crippen molar-refractivity contribution in [1.82, 2.24) is 0 Å². The molecule has 0 spiro atoms. The largest absolute Gasteiger partial charge is 0.466 e. The molecule has 0 heterocycles. The topological polar surface area (TPSA) is 46.5 Å². The van der Waals surface area contributed by atoms with Crippen LogP contribution in [0.5, 0.6) is 0 Å². The van der Waals surface area contributed by atoms with Gasteiger partial charge in [0, 0.05) is 0 Å². The third kappa shape index (κ3) is 5.17. The number of carbonyl (C=O) groups is 1. The van der Waals surface area contributed by atoms with Crippen LogP contribution < -0.4 is 0 Å². The highest BCUT2D eigenvalue weighted by Gasteiger charge is 2.34. The lowest BCUT2D eigenvalue weighted by atomic mass is 9.79. The number of hydrogen-bond donors (Lipinski definition) is 1. The number of rotatable bonds is 2. The lowest BCUT2D eigenvalue weighted by Gasteiger charge is -2.32. The maximum atomic E-state index is 11.4. The molecule has 3 heteroatoms. The smallest absolute Gasteiger partial charge is 0.309 e. The summed E-state index contributed by atoms with van der Waals surface area (Å²) in [6.45, 7) is 8.02. The van der Waals surface area contributed by atoms with Gasteiger partial charge in [-0.1, -0.05) is 13.8 Å². The lowest BCUT2D eigenvalue weighted by molar-refractivity contribution is -0.152. The molecule has 0 saturated heterocycles. The Hall–Kier alpha value is -0.570. The van der Waals surface area contributed by atoms with E-state index in [1.165, 1.54) is 0 Å². The summed E-state index contributed by atoms with van der Waals surface area (Å²) in [6, 6.07) is 0. The molecule has 1 N–H and O–H groups in total. The van der Waals surface area contributed by atoms with Crippen molar-refractivity contribution in [2.75, 3.05) is 6.61 Å². The molecule has 1 saturated carbocycles. The summed E-state index contributed by atoms with van der Waals surface area (Å²) in [6.07, 6.45) is 3.11. The zero-order valence-corrected chi connectivity index (χ0v) is 10.4. The second kappa shape index (κ2) is 6.83. The van der Waals surface area contributed by atoms with Crippen LogP contribution in [0.4, 0.5) is 0 Å². The molecule has 15 heavy (non-hydrogen) atoms. The Labute approximate surface area is 92.8 Å². The first-order valence-electron chi connectivity index (χ1n) is 5.94. The van der Waals surface area contributed by atoms with Gasteiger partial charge in [0.1, 0.15) is 0 Å². The number of carbonyl (C=O) groups excluding carboxylic acids is 1. The van der Waals surface area contributed by atoms with Gasteiger partial charge in [-0.05, 0) is 39.5 Å². The average Bonchev–Trinajstić information content (AvgIpc) is 2.20. The molecule has 0 radical (unpaired) electrons. The fraction of sp³-hybridized carbons (Fsp3) is 0.917. The highest BCUT2D eigenvalue weighted by atomic mass is 16.5. The summed E-state index contributed by atoms with van der Waals surface area (Å²) < 4.78 is 4.92. The van der Waals surface area contributed by atoms with Crippen LogP contribution in [0.25, 0.3) is 0 Å². The predicted molar refractivity (Wildman–Crippen MR) is 60.6 cm³/mol. The van der Waals surface area contributed by atoms with Gasteiger partial charge in [0.05, 0.1) is 18.1 Å². The van der Waals surface area contributed by atoms with Crippen LogP contribution in [-0.2, 0) is 9.53 Å². The van der Waals surface area contributed by atoms with Gasteiger partial charge in [0.2, 0.25) is 0 Å². The zero-order valence-electron chi connectivity index (χ0n) is 10.4. The van der Waals surface area contributed by atoms with Gasteiger partial charge in [-0.15, -0.1) is 0 Å². The van der Waals surface area contributed by atoms with Crippen molar-refractivity contribution in [3.05, 3.63) is 0 Å². The summed E-state index contributed by atoms with van der Waals surface area (Å²) in [5, 5.41) is 9.75. The van der Waals surface area contributed by atoms with Crippen LogP contribution in [-0.4, -0.2) is 23.3 Å². The number of esters is 1. The van der Waals surface area contributed by atoms with Crippen LogP contribution in [0.15, 0.2) is 0 Å². The van der Waals surface area contributed by atoms with Crippen molar-refractivity contribution in [3.63, 3.8) is 0 Å². The molecule has 90 valence electrons. The summed E-state index contributed by atoms with van der Waals surface area (Å²) in [7, 11) is 0. The van der Waals surface area contributed by atoms with E-state index >= 15 is 0 Å². The third-order valence-electron chi connectivity index (χ3n) is 2.57. The van der Waals surface area contributed by atoms with E-state index in [0.717, 1.165) is 19.3 Å². The van der Waals surface area contributed by atoms with Gasteiger partial charge in [-0.2, -0.15) is 0 Å². The van der Waals surface area contributed by atoms with E-state index in [-0.39, 0.29) is 11.9 Å². The molecule has 0 aromatic carbocycles. The first-order valence-corrected chi connectivity index (χ1v) is 5.94. The minimum absolute atomic E-state index is 0.0938. The van der Waals surface area contributed by atoms with E-state index in [1.807, 2.05) is 13.8 Å². The van der Waals surface area contributed by atoms with Crippen LogP contribution in [0.3, 0.4) is 0 Å². The van der Waals surface area contributed by atoms with Gasteiger partial charge in [-0.25, -0.2) is 0 Å². The highest BCUT2D eigenvalue weighted by molar-refractivity contribution is 5.72. The lowest BCUT2D eigenvalue weighted by Crippen LogP contribution is -2.35. The Kier molecular flexibility index (Phi) is 6.57. The molecule has 0 aromatic heterocycles. The first kappa shape index (κ1) is 14.4. The SMILES string of the molecule is CC.CCOC(=O)C1CCCC(C)(O)C1. The second-order valence-electron chi connectivity index (χ2n) is 4.04. The zero-order chi connectivity index (χ0) is 11.9. The molecule has 2 unspecified atom stereocenters. The van der Waals surface area contributed by atoms with Gasteiger partial charge in [-0.3, -0.25) is 4.79 Å². The third-order valence-corrected chi connectivity index (χ3v) is 2.57. The summed E-state index contributed by atoms with van der Waals surface area (Å²) in [4.78, 5) is 11.4. The standard InChI is InChI=1S/C10H18O3.C2H6/c1-3-13-9(11)8-5-4-6-10(2,12)7-8;1-2/h8,12H,3-7H2,1-2H3;1-2H3. The van der Waals surface area contributed by atoms with Gasteiger partial charge in [0.15, 0.2) is 0 Å². The molecule has 0 aliphatic heterocycles.